The van der Waals surface area contributed by atoms with E-state index in [-0.39, 0.29) is 11.4 Å². The van der Waals surface area contributed by atoms with Gasteiger partial charge in [0.15, 0.2) is 5.82 Å². The van der Waals surface area contributed by atoms with Crippen molar-refractivity contribution in [3.8, 4) is 22.7 Å². The van der Waals surface area contributed by atoms with Gasteiger partial charge >= 0.3 is 0 Å². The zero-order valence-corrected chi connectivity index (χ0v) is 24.0. The normalized spacial score (nSPS) is 12.1. The summed E-state index contributed by atoms with van der Waals surface area (Å²) < 4.78 is 23.7. The number of ether oxygens (including phenoxy) is 1. The van der Waals surface area contributed by atoms with E-state index in [1.54, 1.807) is 29.8 Å². The molecule has 3 aromatic carbocycles. The van der Waals surface area contributed by atoms with Crippen molar-refractivity contribution in [2.24, 2.45) is 0 Å². The van der Waals surface area contributed by atoms with Crippen LogP contribution in [0.3, 0.4) is 0 Å². The van der Waals surface area contributed by atoms with Gasteiger partial charge in [-0.1, -0.05) is 73.2 Å². The molecule has 210 valence electrons. The Hall–Kier alpha value is -4.89. The Balaban J connectivity index is 1.31. The van der Waals surface area contributed by atoms with Crippen molar-refractivity contribution in [1.82, 2.24) is 24.4 Å². The van der Waals surface area contributed by atoms with Crippen LogP contribution in [-0.4, -0.2) is 31.0 Å². The molecule has 9 heteroatoms. The van der Waals surface area contributed by atoms with Crippen molar-refractivity contribution in [3.05, 3.63) is 122 Å². The predicted octanol–water partition coefficient (Wildman–Crippen LogP) is 6.35. The molecular weight excluding hydrogens is 549 g/mol. The molecule has 7 nitrogen and oxygen atoms in total. The Morgan fingerprint density at radius 1 is 1.00 bits per heavy atom. The number of halogens is 1. The van der Waals surface area contributed by atoms with E-state index in [9.17, 15) is 9.18 Å². The number of benzene rings is 3. The molecule has 42 heavy (non-hydrogen) atoms. The van der Waals surface area contributed by atoms with Gasteiger partial charge in [-0.3, -0.25) is 4.79 Å². The lowest BCUT2D eigenvalue weighted by molar-refractivity contribution is 0.309. The van der Waals surface area contributed by atoms with Crippen molar-refractivity contribution in [3.63, 3.8) is 0 Å². The number of unbranched alkanes of at least 4 members (excludes halogenated alkanes) is 1. The molecule has 6 aromatic rings. The fourth-order valence-corrected chi connectivity index (χ4v) is 5.32. The predicted molar refractivity (Wildman–Crippen MR) is 165 cm³/mol. The first-order valence-corrected chi connectivity index (χ1v) is 14.5. The quantitative estimate of drug-likeness (QED) is 0.187. The molecule has 0 aliphatic rings. The van der Waals surface area contributed by atoms with Crippen LogP contribution >= 0.6 is 11.3 Å². The van der Waals surface area contributed by atoms with Gasteiger partial charge in [0.1, 0.15) is 17.3 Å². The number of aryl methyl sites for hydroxylation is 1. The number of para-hydroxylation sites is 1. The highest BCUT2D eigenvalue weighted by molar-refractivity contribution is 7.15. The highest BCUT2D eigenvalue weighted by Crippen LogP contribution is 2.26. The largest absolute Gasteiger partial charge is 0.494 e. The third-order valence-electron chi connectivity index (χ3n) is 6.76. The third kappa shape index (κ3) is 5.77. The lowest BCUT2D eigenvalue weighted by Crippen LogP contribution is -2.23. The van der Waals surface area contributed by atoms with Crippen molar-refractivity contribution in [2.45, 2.75) is 26.7 Å². The average molecular weight is 578 g/mol. The zero-order chi connectivity index (χ0) is 29.1. The summed E-state index contributed by atoms with van der Waals surface area (Å²) in [5.74, 6) is 0.972. The minimum absolute atomic E-state index is 0.274. The highest BCUT2D eigenvalue weighted by Gasteiger charge is 2.15. The van der Waals surface area contributed by atoms with E-state index in [4.69, 9.17) is 9.84 Å². The van der Waals surface area contributed by atoms with Crippen LogP contribution < -0.4 is 14.8 Å². The SMILES string of the molecule is CCCCOc1ccc(/C=C/c2nc3s/c(=C\c4cn(-c5ccccc5)nc4-c4ccc(C)c(F)c4)c(=O)n3n2)cc1. The average Bonchev–Trinajstić information content (AvgIpc) is 3.69. The Kier molecular flexibility index (Phi) is 7.74. The molecule has 0 spiro atoms. The Labute approximate surface area is 245 Å². The standard InChI is InChI=1S/C33H28FN5O2S/c1-3-4-18-41-27-15-11-23(12-16-27)13-17-30-35-33-39(36-30)32(40)29(42-33)20-25-21-38(26-8-6-5-7-9-26)37-31(25)24-14-10-22(2)28(34)19-24/h5-17,19-21H,3-4,18H2,1-2H3/b17-13+,29-20-. The Morgan fingerprint density at radius 3 is 2.55 bits per heavy atom. The van der Waals surface area contributed by atoms with Gasteiger partial charge < -0.3 is 4.74 Å². The number of nitrogens with zero attached hydrogens (tertiary/aromatic N) is 5. The van der Waals surface area contributed by atoms with Crippen molar-refractivity contribution >= 4 is 34.5 Å². The van der Waals surface area contributed by atoms with E-state index in [1.165, 1.54) is 21.9 Å². The number of hydrogen-bond acceptors (Lipinski definition) is 6. The molecule has 0 unspecified atom stereocenters. The first-order chi connectivity index (χ1) is 20.5. The molecule has 0 saturated heterocycles. The molecule has 0 radical (unpaired) electrons. The fraction of sp³-hybridized carbons (Fsp3) is 0.152. The summed E-state index contributed by atoms with van der Waals surface area (Å²) in [6, 6.07) is 22.5. The summed E-state index contributed by atoms with van der Waals surface area (Å²) in [4.78, 5) is 18.3. The monoisotopic (exact) mass is 577 g/mol. The van der Waals surface area contributed by atoms with Crippen LogP contribution in [0.5, 0.6) is 5.75 Å². The molecular formula is C33H28FN5O2S. The summed E-state index contributed by atoms with van der Waals surface area (Å²) in [7, 11) is 0. The molecule has 0 amide bonds. The van der Waals surface area contributed by atoms with E-state index in [0.29, 0.717) is 44.3 Å². The van der Waals surface area contributed by atoms with Gasteiger partial charge in [-0.2, -0.15) is 14.6 Å². The van der Waals surface area contributed by atoms with Crippen molar-refractivity contribution in [2.75, 3.05) is 6.61 Å². The molecule has 0 N–H and O–H groups in total. The van der Waals surface area contributed by atoms with Gasteiger partial charge in [-0.25, -0.2) is 9.07 Å². The fourth-order valence-electron chi connectivity index (χ4n) is 4.41. The summed E-state index contributed by atoms with van der Waals surface area (Å²) >= 11 is 1.25. The summed E-state index contributed by atoms with van der Waals surface area (Å²) in [5.41, 5.74) is 3.99. The summed E-state index contributed by atoms with van der Waals surface area (Å²) in [6.45, 7) is 4.56. The minimum atomic E-state index is -0.312. The van der Waals surface area contributed by atoms with Crippen molar-refractivity contribution < 1.29 is 9.13 Å². The van der Waals surface area contributed by atoms with Gasteiger partial charge in [0.05, 0.1) is 16.8 Å². The van der Waals surface area contributed by atoms with Gasteiger partial charge in [0.25, 0.3) is 5.56 Å². The number of rotatable bonds is 9. The molecule has 0 bridgehead atoms. The van der Waals surface area contributed by atoms with Crippen LogP contribution in [0.2, 0.25) is 0 Å². The van der Waals surface area contributed by atoms with Crippen LogP contribution in [0.1, 0.15) is 42.3 Å². The molecule has 3 heterocycles. The Morgan fingerprint density at radius 2 is 1.81 bits per heavy atom. The maximum Gasteiger partial charge on any atom is 0.291 e. The second kappa shape index (κ2) is 11.9. The zero-order valence-electron chi connectivity index (χ0n) is 23.2. The van der Waals surface area contributed by atoms with E-state index in [1.807, 2.05) is 72.9 Å². The number of aromatic nitrogens is 5. The van der Waals surface area contributed by atoms with Crippen LogP contribution in [0.4, 0.5) is 4.39 Å². The molecule has 0 aliphatic carbocycles. The van der Waals surface area contributed by atoms with Gasteiger partial charge in [0.2, 0.25) is 4.96 Å². The second-order valence-corrected chi connectivity index (χ2v) is 10.9. The molecule has 0 saturated carbocycles. The van der Waals surface area contributed by atoms with E-state index >= 15 is 0 Å². The van der Waals surface area contributed by atoms with Gasteiger partial charge in [-0.15, -0.1) is 5.10 Å². The van der Waals surface area contributed by atoms with E-state index in [0.717, 1.165) is 29.8 Å². The van der Waals surface area contributed by atoms with E-state index in [2.05, 4.69) is 17.0 Å². The lowest BCUT2D eigenvalue weighted by atomic mass is 10.1. The lowest BCUT2D eigenvalue weighted by Gasteiger charge is -2.04. The third-order valence-corrected chi connectivity index (χ3v) is 7.72. The van der Waals surface area contributed by atoms with E-state index < -0.39 is 0 Å². The van der Waals surface area contributed by atoms with Gasteiger partial charge in [0, 0.05) is 17.3 Å². The Bertz CT molecular complexity index is 1990. The first-order valence-electron chi connectivity index (χ1n) is 13.7. The minimum Gasteiger partial charge on any atom is -0.494 e. The topological polar surface area (TPSA) is 74.3 Å². The van der Waals surface area contributed by atoms with Gasteiger partial charge in [-0.05, 0) is 67.0 Å². The molecule has 6 rings (SSSR count). The number of fused-ring (bicyclic) bond motifs is 1. The molecule has 0 aliphatic heterocycles. The summed E-state index contributed by atoms with van der Waals surface area (Å²) in [6.07, 6.45) is 9.40. The summed E-state index contributed by atoms with van der Waals surface area (Å²) in [5, 5.41) is 9.16. The highest BCUT2D eigenvalue weighted by atomic mass is 32.1. The number of hydrogen-bond donors (Lipinski definition) is 0. The molecule has 3 aromatic heterocycles. The molecule has 0 fully saturated rings. The first kappa shape index (κ1) is 27.3. The second-order valence-electron chi connectivity index (χ2n) is 9.86. The van der Waals surface area contributed by atoms with Crippen LogP contribution in [-0.2, 0) is 0 Å². The van der Waals surface area contributed by atoms with Crippen LogP contribution in [0.15, 0.2) is 83.8 Å². The maximum absolute atomic E-state index is 14.5. The van der Waals surface area contributed by atoms with Crippen LogP contribution in [0.25, 0.3) is 40.1 Å². The van der Waals surface area contributed by atoms with Crippen molar-refractivity contribution in [1.29, 1.82) is 0 Å². The maximum atomic E-state index is 14.5. The van der Waals surface area contributed by atoms with Crippen LogP contribution in [0, 0.1) is 12.7 Å². The molecule has 0 atom stereocenters. The number of thiazole rings is 1. The smallest absolute Gasteiger partial charge is 0.291 e.